The van der Waals surface area contributed by atoms with E-state index in [4.69, 9.17) is 0 Å². The Kier molecular flexibility index (Phi) is 8.76. The minimum atomic E-state index is -1.60. The Hall–Kier alpha value is -3.65. The number of likely N-dealkylation sites (tertiary alicyclic amines) is 1. The first kappa shape index (κ1) is 27.9. The lowest BCUT2D eigenvalue weighted by molar-refractivity contribution is -0.148. The van der Waals surface area contributed by atoms with Gasteiger partial charge >= 0.3 is 0 Å². The van der Waals surface area contributed by atoms with Crippen molar-refractivity contribution in [2.75, 3.05) is 13.1 Å². The largest absolute Gasteiger partial charge is 0.508 e. The Labute approximate surface area is 218 Å². The Bertz CT molecular complexity index is 1150. The number of phenols is 1. The average Bonchev–Trinajstić information content (AvgIpc) is 3.11. The summed E-state index contributed by atoms with van der Waals surface area (Å²) in [6.45, 7) is 11.7. The zero-order valence-corrected chi connectivity index (χ0v) is 21.9. The van der Waals surface area contributed by atoms with E-state index in [9.17, 15) is 24.6 Å². The van der Waals surface area contributed by atoms with Crippen LogP contribution in [0, 0.1) is 18.3 Å². The Morgan fingerprint density at radius 3 is 2.49 bits per heavy atom. The van der Waals surface area contributed by atoms with Crippen LogP contribution in [0.25, 0.3) is 0 Å². The van der Waals surface area contributed by atoms with Gasteiger partial charge in [-0.05, 0) is 42.4 Å². The first-order valence-electron chi connectivity index (χ1n) is 12.5. The van der Waals surface area contributed by atoms with E-state index in [1.165, 1.54) is 11.0 Å². The van der Waals surface area contributed by atoms with Crippen LogP contribution >= 0.6 is 0 Å². The molecule has 0 bridgehead atoms. The lowest BCUT2D eigenvalue weighted by Crippen LogP contribution is -2.57. The molecule has 1 heterocycles. The summed E-state index contributed by atoms with van der Waals surface area (Å²) in [7, 11) is 0. The summed E-state index contributed by atoms with van der Waals surface area (Å²) in [5, 5.41) is 27.0. The lowest BCUT2D eigenvalue weighted by Gasteiger charge is -2.34. The van der Waals surface area contributed by atoms with Crippen molar-refractivity contribution in [1.82, 2.24) is 15.5 Å². The summed E-state index contributed by atoms with van der Waals surface area (Å²) in [4.78, 5) is 41.4. The van der Waals surface area contributed by atoms with Gasteiger partial charge in [-0.2, -0.15) is 0 Å². The number of aliphatic hydroxyl groups is 1. The highest BCUT2D eigenvalue weighted by molar-refractivity contribution is 5.97. The van der Waals surface area contributed by atoms with Gasteiger partial charge in [-0.15, -0.1) is 6.58 Å². The molecule has 1 fully saturated rings. The van der Waals surface area contributed by atoms with Crippen LogP contribution in [0.15, 0.2) is 61.2 Å². The molecule has 0 spiro atoms. The van der Waals surface area contributed by atoms with Crippen LogP contribution < -0.4 is 10.6 Å². The number of nitrogens with zero attached hydrogens (tertiary/aromatic N) is 1. The summed E-state index contributed by atoms with van der Waals surface area (Å²) in [6.07, 6.45) is 0.161. The van der Waals surface area contributed by atoms with Gasteiger partial charge in [0.1, 0.15) is 11.8 Å². The smallest absolute Gasteiger partial charge is 0.254 e. The molecule has 8 heteroatoms. The number of aliphatic hydroxyl groups excluding tert-OH is 1. The first-order chi connectivity index (χ1) is 17.5. The third kappa shape index (κ3) is 6.02. The SMILES string of the molecule is C=CCNC(=O)[C@H]1N(C(=O)[C@@H](O)[C@H](Cc2ccccc2)NC(=O)c2cccc(O)c2C)C[C@@H](C)C1(C)C. The maximum Gasteiger partial charge on any atom is 0.254 e. The fraction of sp³-hybridized carbons (Fsp3) is 0.414. The molecule has 0 saturated carbocycles. The van der Waals surface area contributed by atoms with Gasteiger partial charge in [0.25, 0.3) is 11.8 Å². The summed E-state index contributed by atoms with van der Waals surface area (Å²) in [6, 6.07) is 12.1. The fourth-order valence-corrected chi connectivity index (χ4v) is 4.84. The third-order valence-electron chi connectivity index (χ3n) is 7.51. The summed E-state index contributed by atoms with van der Waals surface area (Å²) in [5.74, 6) is -1.47. The average molecular weight is 508 g/mol. The molecule has 2 aromatic rings. The molecule has 4 N–H and O–H groups in total. The lowest BCUT2D eigenvalue weighted by atomic mass is 9.77. The minimum absolute atomic E-state index is 0.000221. The maximum absolute atomic E-state index is 13.7. The second kappa shape index (κ2) is 11.6. The number of hydrogen-bond donors (Lipinski definition) is 4. The highest BCUT2D eigenvalue weighted by atomic mass is 16.3. The van der Waals surface area contributed by atoms with Gasteiger partial charge < -0.3 is 25.7 Å². The predicted molar refractivity (Wildman–Crippen MR) is 142 cm³/mol. The highest BCUT2D eigenvalue weighted by Gasteiger charge is 2.52. The van der Waals surface area contributed by atoms with E-state index in [-0.39, 0.29) is 36.1 Å². The molecule has 0 aromatic heterocycles. The Morgan fingerprint density at radius 2 is 1.84 bits per heavy atom. The highest BCUT2D eigenvalue weighted by Crippen LogP contribution is 2.41. The number of benzene rings is 2. The predicted octanol–water partition coefficient (Wildman–Crippen LogP) is 2.58. The number of nitrogens with one attached hydrogen (secondary N) is 2. The molecular weight excluding hydrogens is 470 g/mol. The van der Waals surface area contributed by atoms with Crippen molar-refractivity contribution in [3.63, 3.8) is 0 Å². The molecular formula is C29H37N3O5. The number of carbonyl (C=O) groups excluding carboxylic acids is 3. The van der Waals surface area contributed by atoms with Gasteiger partial charge in [0.05, 0.1) is 6.04 Å². The van der Waals surface area contributed by atoms with E-state index < -0.39 is 35.4 Å². The molecule has 0 radical (unpaired) electrons. The summed E-state index contributed by atoms with van der Waals surface area (Å²) < 4.78 is 0. The van der Waals surface area contributed by atoms with Gasteiger partial charge in [0.15, 0.2) is 6.10 Å². The molecule has 37 heavy (non-hydrogen) atoms. The normalized spacial score (nSPS) is 20.1. The van der Waals surface area contributed by atoms with Crippen LogP contribution in [0.1, 0.15) is 42.3 Å². The van der Waals surface area contributed by atoms with Crippen LogP contribution in [0.5, 0.6) is 5.75 Å². The van der Waals surface area contributed by atoms with E-state index in [0.29, 0.717) is 12.1 Å². The third-order valence-corrected chi connectivity index (χ3v) is 7.51. The number of amides is 3. The summed E-state index contributed by atoms with van der Waals surface area (Å²) in [5.41, 5.74) is 0.934. The minimum Gasteiger partial charge on any atom is -0.508 e. The number of rotatable bonds is 9. The maximum atomic E-state index is 13.7. The molecule has 198 valence electrons. The van der Waals surface area contributed by atoms with E-state index >= 15 is 0 Å². The molecule has 8 nitrogen and oxygen atoms in total. The Balaban J connectivity index is 1.91. The molecule has 3 rings (SSSR count). The van der Waals surface area contributed by atoms with Crippen LogP contribution in [0.2, 0.25) is 0 Å². The van der Waals surface area contributed by atoms with Gasteiger partial charge in [-0.3, -0.25) is 14.4 Å². The van der Waals surface area contributed by atoms with Crippen LogP contribution in [-0.4, -0.2) is 64.1 Å². The van der Waals surface area contributed by atoms with E-state index in [1.54, 1.807) is 25.1 Å². The second-order valence-corrected chi connectivity index (χ2v) is 10.3. The van der Waals surface area contributed by atoms with Crippen molar-refractivity contribution in [2.24, 2.45) is 11.3 Å². The van der Waals surface area contributed by atoms with Gasteiger partial charge in [0, 0.05) is 24.2 Å². The molecule has 1 saturated heterocycles. The quantitative estimate of drug-likeness (QED) is 0.389. The number of phenolic OH excluding ortho intramolecular Hbond substituents is 1. The zero-order valence-electron chi connectivity index (χ0n) is 21.9. The first-order valence-corrected chi connectivity index (χ1v) is 12.5. The zero-order chi connectivity index (χ0) is 27.3. The topological polar surface area (TPSA) is 119 Å². The molecule has 1 aliphatic rings. The van der Waals surface area contributed by atoms with Crippen molar-refractivity contribution in [1.29, 1.82) is 0 Å². The second-order valence-electron chi connectivity index (χ2n) is 10.3. The monoisotopic (exact) mass is 507 g/mol. The van der Waals surface area contributed by atoms with E-state index in [1.807, 2.05) is 51.1 Å². The van der Waals surface area contributed by atoms with Gasteiger partial charge in [0.2, 0.25) is 5.91 Å². The number of hydrogen-bond acceptors (Lipinski definition) is 5. The van der Waals surface area contributed by atoms with E-state index in [0.717, 1.165) is 5.56 Å². The molecule has 0 unspecified atom stereocenters. The molecule has 4 atom stereocenters. The molecule has 3 amide bonds. The van der Waals surface area contributed by atoms with Crippen molar-refractivity contribution in [2.45, 2.75) is 52.3 Å². The van der Waals surface area contributed by atoms with Crippen molar-refractivity contribution in [3.8, 4) is 5.75 Å². The Morgan fingerprint density at radius 1 is 1.16 bits per heavy atom. The summed E-state index contributed by atoms with van der Waals surface area (Å²) >= 11 is 0. The van der Waals surface area contributed by atoms with Crippen molar-refractivity contribution >= 4 is 17.7 Å². The van der Waals surface area contributed by atoms with Gasteiger partial charge in [-0.1, -0.05) is 63.2 Å². The fourth-order valence-electron chi connectivity index (χ4n) is 4.84. The molecule has 0 aliphatic carbocycles. The molecule has 1 aliphatic heterocycles. The van der Waals surface area contributed by atoms with Crippen molar-refractivity contribution in [3.05, 3.63) is 77.9 Å². The van der Waals surface area contributed by atoms with Crippen LogP contribution in [0.4, 0.5) is 0 Å². The van der Waals surface area contributed by atoms with Crippen LogP contribution in [-0.2, 0) is 16.0 Å². The number of aromatic hydroxyl groups is 1. The van der Waals surface area contributed by atoms with Crippen molar-refractivity contribution < 1.29 is 24.6 Å². The van der Waals surface area contributed by atoms with Gasteiger partial charge in [-0.25, -0.2) is 0 Å². The standard InChI is InChI=1S/C29H37N3O5/c1-6-15-30-27(36)25-29(4,5)18(2)17-32(25)28(37)24(34)22(16-20-11-8-7-9-12-20)31-26(35)21-13-10-14-23(33)19(21)3/h6-14,18,22,24-25,33-34H,1,15-17H2,2-5H3,(H,30,36)(H,31,35)/t18-,22+,24+,25-/m1/s1. The number of carbonyl (C=O) groups is 3. The molecule has 2 aromatic carbocycles. The van der Waals surface area contributed by atoms with Crippen LogP contribution in [0.3, 0.4) is 0 Å². The van der Waals surface area contributed by atoms with E-state index in [2.05, 4.69) is 17.2 Å².